The minimum absolute atomic E-state index is 0. The summed E-state index contributed by atoms with van der Waals surface area (Å²) >= 11 is 0. The maximum atomic E-state index is 5.62. The number of likely N-dealkylation sites (tertiary alicyclic amines) is 1. The van der Waals surface area contributed by atoms with Crippen molar-refractivity contribution in [2.45, 2.75) is 52.5 Å². The first kappa shape index (κ1) is 24.2. The number of nitrogens with one attached hydrogen (secondary N) is 1. The first-order valence-corrected chi connectivity index (χ1v) is 11.1. The smallest absolute Gasteiger partial charge is 0.194 e. The number of anilines is 1. The molecule has 1 atom stereocenters. The maximum absolute atomic E-state index is 5.62. The Morgan fingerprint density at radius 1 is 1.21 bits per heavy atom. The van der Waals surface area contributed by atoms with Gasteiger partial charge in [-0.2, -0.15) is 0 Å². The molecule has 1 N–H and O–H groups in total. The Morgan fingerprint density at radius 2 is 2.00 bits per heavy atom. The summed E-state index contributed by atoms with van der Waals surface area (Å²) in [5.41, 5.74) is 1.23. The van der Waals surface area contributed by atoms with Crippen molar-refractivity contribution in [1.29, 1.82) is 0 Å². The first-order chi connectivity index (χ1) is 13.8. The highest BCUT2D eigenvalue weighted by molar-refractivity contribution is 14.0. The zero-order valence-corrected chi connectivity index (χ0v) is 20.4. The molecule has 0 radical (unpaired) electrons. The van der Waals surface area contributed by atoms with Crippen molar-refractivity contribution >= 4 is 35.8 Å². The zero-order valence-electron chi connectivity index (χ0n) is 18.1. The number of pyridine rings is 1. The number of hydrogen-bond acceptors (Lipinski definition) is 4. The molecule has 3 heterocycles. The number of rotatable bonds is 7. The summed E-state index contributed by atoms with van der Waals surface area (Å²) in [6, 6.07) is 4.32. The summed E-state index contributed by atoms with van der Waals surface area (Å²) in [5, 5.41) is 3.47. The van der Waals surface area contributed by atoms with Crippen LogP contribution in [-0.4, -0.2) is 61.8 Å². The number of nitrogens with zero attached hydrogens (tertiary/aromatic N) is 4. The van der Waals surface area contributed by atoms with E-state index in [-0.39, 0.29) is 24.0 Å². The molecule has 0 amide bonds. The Bertz CT molecular complexity index is 619. The lowest BCUT2D eigenvalue weighted by Crippen LogP contribution is -2.40. The topological polar surface area (TPSA) is 53.0 Å². The Balaban J connectivity index is 0.00000300. The molecule has 1 aromatic heterocycles. The average Bonchev–Trinajstić information content (AvgIpc) is 3.02. The minimum atomic E-state index is 0. The molecule has 6 nitrogen and oxygen atoms in total. The van der Waals surface area contributed by atoms with Crippen molar-refractivity contribution in [3.05, 3.63) is 23.9 Å². The van der Waals surface area contributed by atoms with Gasteiger partial charge in [-0.05, 0) is 50.8 Å². The van der Waals surface area contributed by atoms with Crippen molar-refractivity contribution in [3.63, 3.8) is 0 Å². The number of aliphatic imine (C=N–C) groups is 1. The quantitative estimate of drug-likeness (QED) is 0.339. The zero-order chi connectivity index (χ0) is 19.6. The van der Waals surface area contributed by atoms with Gasteiger partial charge in [0.15, 0.2) is 5.96 Å². The Morgan fingerprint density at radius 3 is 2.72 bits per heavy atom. The van der Waals surface area contributed by atoms with Gasteiger partial charge in [-0.15, -0.1) is 24.0 Å². The van der Waals surface area contributed by atoms with Gasteiger partial charge in [0.2, 0.25) is 0 Å². The molecule has 0 bridgehead atoms. The van der Waals surface area contributed by atoms with Crippen LogP contribution in [0.3, 0.4) is 0 Å². The third-order valence-corrected chi connectivity index (χ3v) is 5.63. The van der Waals surface area contributed by atoms with E-state index >= 15 is 0 Å². The molecule has 2 fully saturated rings. The van der Waals surface area contributed by atoms with Gasteiger partial charge in [0.05, 0.1) is 13.2 Å². The van der Waals surface area contributed by atoms with Crippen LogP contribution < -0.4 is 10.2 Å². The van der Waals surface area contributed by atoms with E-state index in [0.29, 0.717) is 12.5 Å². The molecular weight excluding hydrogens is 477 g/mol. The van der Waals surface area contributed by atoms with E-state index in [0.717, 1.165) is 57.7 Å². The number of aromatic nitrogens is 1. The van der Waals surface area contributed by atoms with Gasteiger partial charge in [-0.25, -0.2) is 9.98 Å². The normalized spacial score (nSPS) is 20.3. The van der Waals surface area contributed by atoms with Crippen LogP contribution in [0.4, 0.5) is 5.82 Å². The van der Waals surface area contributed by atoms with Crippen molar-refractivity contribution in [1.82, 2.24) is 15.2 Å². The lowest BCUT2D eigenvalue weighted by molar-refractivity contribution is 0.114. The van der Waals surface area contributed by atoms with Crippen molar-refractivity contribution in [2.24, 2.45) is 10.9 Å². The Hall–Kier alpha value is -1.09. The predicted octanol–water partition coefficient (Wildman–Crippen LogP) is 3.90. The highest BCUT2D eigenvalue weighted by Crippen LogP contribution is 2.20. The lowest BCUT2D eigenvalue weighted by Gasteiger charge is -2.22. The van der Waals surface area contributed by atoms with Gasteiger partial charge in [-0.1, -0.05) is 12.8 Å². The summed E-state index contributed by atoms with van der Waals surface area (Å²) in [6.07, 6.45) is 8.34. The molecule has 0 saturated carbocycles. The van der Waals surface area contributed by atoms with Gasteiger partial charge in [0, 0.05) is 51.4 Å². The summed E-state index contributed by atoms with van der Waals surface area (Å²) in [7, 11) is 0. The minimum Gasteiger partial charge on any atom is -0.381 e. The maximum Gasteiger partial charge on any atom is 0.194 e. The van der Waals surface area contributed by atoms with E-state index in [1.807, 2.05) is 6.20 Å². The second kappa shape index (κ2) is 13.3. The Kier molecular flexibility index (Phi) is 11.1. The molecule has 164 valence electrons. The molecular formula is C22H38IN5O. The van der Waals surface area contributed by atoms with Crippen LogP contribution in [0.15, 0.2) is 23.3 Å². The molecule has 1 unspecified atom stereocenters. The van der Waals surface area contributed by atoms with Gasteiger partial charge in [0.1, 0.15) is 5.82 Å². The molecule has 1 aromatic rings. The van der Waals surface area contributed by atoms with E-state index in [1.54, 1.807) is 0 Å². The second-order valence-corrected chi connectivity index (χ2v) is 7.85. The van der Waals surface area contributed by atoms with Crippen LogP contribution >= 0.6 is 24.0 Å². The number of guanidine groups is 1. The largest absolute Gasteiger partial charge is 0.381 e. The Labute approximate surface area is 193 Å². The van der Waals surface area contributed by atoms with Gasteiger partial charge < -0.3 is 19.9 Å². The highest BCUT2D eigenvalue weighted by atomic mass is 127. The molecule has 7 heteroatoms. The second-order valence-electron chi connectivity index (χ2n) is 7.85. The van der Waals surface area contributed by atoms with Gasteiger partial charge >= 0.3 is 0 Å². The summed E-state index contributed by atoms with van der Waals surface area (Å²) in [4.78, 5) is 14.4. The summed E-state index contributed by atoms with van der Waals surface area (Å²) < 4.78 is 5.62. The van der Waals surface area contributed by atoms with Crippen LogP contribution in [0.2, 0.25) is 0 Å². The predicted molar refractivity (Wildman–Crippen MR) is 131 cm³/mol. The third kappa shape index (κ3) is 7.59. The van der Waals surface area contributed by atoms with Crippen LogP contribution in [0.5, 0.6) is 0 Å². The standard InChI is InChI=1S/C22H37N5O.HI/c1-3-23-22(27-14-10-20(17-27)18-28-4-2)25-16-19-9-11-24-21(15-19)26-12-7-5-6-8-13-26;/h9,11,15,20H,3-8,10,12-14,16-18H2,1-2H3,(H,23,25);1H. The van der Waals surface area contributed by atoms with Gasteiger partial charge in [0.25, 0.3) is 0 Å². The lowest BCUT2D eigenvalue weighted by atomic mass is 10.1. The van der Waals surface area contributed by atoms with E-state index in [9.17, 15) is 0 Å². The van der Waals surface area contributed by atoms with Crippen LogP contribution in [0.25, 0.3) is 0 Å². The summed E-state index contributed by atoms with van der Waals surface area (Å²) in [6.45, 7) is 11.8. The monoisotopic (exact) mass is 515 g/mol. The molecule has 2 saturated heterocycles. The highest BCUT2D eigenvalue weighted by Gasteiger charge is 2.24. The fourth-order valence-corrected chi connectivity index (χ4v) is 4.07. The van der Waals surface area contributed by atoms with E-state index in [1.165, 1.54) is 37.7 Å². The van der Waals surface area contributed by atoms with Crippen LogP contribution in [-0.2, 0) is 11.3 Å². The molecule has 0 spiro atoms. The molecule has 0 aliphatic carbocycles. The van der Waals surface area contributed by atoms with E-state index < -0.39 is 0 Å². The first-order valence-electron chi connectivity index (χ1n) is 11.1. The SMILES string of the molecule is CCNC(=NCc1ccnc(N2CCCCCC2)c1)N1CCC(COCC)C1.I. The number of ether oxygens (including phenoxy) is 1. The van der Waals surface area contributed by atoms with Crippen molar-refractivity contribution in [2.75, 3.05) is 50.8 Å². The average molecular weight is 515 g/mol. The fourth-order valence-electron chi connectivity index (χ4n) is 4.07. The molecule has 2 aliphatic rings. The molecule has 2 aliphatic heterocycles. The van der Waals surface area contributed by atoms with Gasteiger partial charge in [-0.3, -0.25) is 0 Å². The van der Waals surface area contributed by atoms with E-state index in [4.69, 9.17) is 9.73 Å². The van der Waals surface area contributed by atoms with Crippen LogP contribution in [0, 0.1) is 5.92 Å². The molecule has 29 heavy (non-hydrogen) atoms. The number of halogens is 1. The van der Waals surface area contributed by atoms with E-state index in [2.05, 4.69) is 46.1 Å². The van der Waals surface area contributed by atoms with Crippen molar-refractivity contribution < 1.29 is 4.74 Å². The number of hydrogen-bond donors (Lipinski definition) is 1. The third-order valence-electron chi connectivity index (χ3n) is 5.63. The molecule has 0 aromatic carbocycles. The summed E-state index contributed by atoms with van der Waals surface area (Å²) in [5.74, 6) is 2.74. The van der Waals surface area contributed by atoms with Crippen molar-refractivity contribution in [3.8, 4) is 0 Å². The van der Waals surface area contributed by atoms with Crippen LogP contribution in [0.1, 0.15) is 51.5 Å². The molecule has 3 rings (SSSR count). The fraction of sp³-hybridized carbons (Fsp3) is 0.727.